The Kier molecular flexibility index (Phi) is 16.7. The lowest BCUT2D eigenvalue weighted by atomic mass is 9.88. The number of nitrogens with one attached hydrogen (secondary N) is 1. The molecule has 4 N–H and O–H groups in total. The fourth-order valence-electron chi connectivity index (χ4n) is 4.47. The molecule has 0 aliphatic carbocycles. The molecule has 1 aromatic rings. The van der Waals surface area contributed by atoms with Crippen LogP contribution in [-0.2, 0) is 9.59 Å². The normalized spacial score (nSPS) is 13.1. The highest BCUT2D eigenvalue weighted by Crippen LogP contribution is 2.37. The SMILES string of the molecule is CCCCCCCC/C=C\CCCCCCC(CC)(NC(=O)/C=C/c1cc(OC)c(O)c(OC)c1)C(N)=O. The lowest BCUT2D eigenvalue weighted by Gasteiger charge is -2.30. The molecule has 1 rings (SSSR count). The van der Waals surface area contributed by atoms with E-state index in [1.54, 1.807) is 18.2 Å². The maximum atomic E-state index is 12.7. The van der Waals surface area contributed by atoms with Crippen LogP contribution in [0.3, 0.4) is 0 Å². The van der Waals surface area contributed by atoms with Crippen molar-refractivity contribution in [3.63, 3.8) is 0 Å². The van der Waals surface area contributed by atoms with Gasteiger partial charge in [-0.3, -0.25) is 9.59 Å². The van der Waals surface area contributed by atoms with Crippen LogP contribution in [0.4, 0.5) is 0 Å². The van der Waals surface area contributed by atoms with Crippen molar-refractivity contribution in [1.29, 1.82) is 0 Å². The van der Waals surface area contributed by atoms with Crippen molar-refractivity contribution in [3.05, 3.63) is 35.9 Å². The number of nitrogens with two attached hydrogens (primary N) is 1. The highest BCUT2D eigenvalue weighted by Gasteiger charge is 2.35. The molecule has 1 atom stereocenters. The number of allylic oxidation sites excluding steroid dienone is 2. The standard InChI is InChI=1S/C31H50N2O5/c1-5-7-8-9-10-11-12-13-14-15-16-17-18-19-22-31(6-2,30(32)36)33-28(34)21-20-25-23-26(37-3)29(35)27(24-25)38-4/h13-14,20-21,23-24,35H,5-12,15-19,22H2,1-4H3,(H2,32,36)(H,33,34)/b14-13-,21-20+. The Morgan fingerprint density at radius 1 is 0.895 bits per heavy atom. The minimum Gasteiger partial charge on any atom is -0.502 e. The monoisotopic (exact) mass is 530 g/mol. The fourth-order valence-corrected chi connectivity index (χ4v) is 4.47. The second kappa shape index (κ2) is 19.2. The van der Waals surface area contributed by atoms with Crippen molar-refractivity contribution in [3.8, 4) is 17.2 Å². The van der Waals surface area contributed by atoms with Crippen LogP contribution < -0.4 is 20.5 Å². The first-order chi connectivity index (χ1) is 18.3. The summed E-state index contributed by atoms with van der Waals surface area (Å²) in [7, 11) is 2.87. The zero-order valence-electron chi connectivity index (χ0n) is 24.0. The second-order valence-electron chi connectivity index (χ2n) is 9.88. The molecule has 0 aromatic heterocycles. The summed E-state index contributed by atoms with van der Waals surface area (Å²) in [5.74, 6) is -0.575. The zero-order valence-corrected chi connectivity index (χ0v) is 24.0. The molecule has 7 nitrogen and oxygen atoms in total. The van der Waals surface area contributed by atoms with E-state index in [2.05, 4.69) is 24.4 Å². The van der Waals surface area contributed by atoms with Crippen molar-refractivity contribution in [2.45, 2.75) is 109 Å². The number of benzene rings is 1. The number of carbonyl (C=O) groups excluding carboxylic acids is 2. The molecule has 0 aliphatic heterocycles. The highest BCUT2D eigenvalue weighted by atomic mass is 16.5. The number of primary amides is 1. The third-order valence-corrected chi connectivity index (χ3v) is 6.98. The Labute approximate surface area is 229 Å². The van der Waals surface area contributed by atoms with E-state index in [0.717, 1.165) is 32.1 Å². The van der Waals surface area contributed by atoms with Gasteiger partial charge in [-0.1, -0.05) is 77.4 Å². The first-order valence-corrected chi connectivity index (χ1v) is 14.2. The summed E-state index contributed by atoms with van der Waals surface area (Å²) < 4.78 is 10.3. The molecule has 214 valence electrons. The van der Waals surface area contributed by atoms with Gasteiger partial charge in [0.2, 0.25) is 17.6 Å². The van der Waals surface area contributed by atoms with Crippen molar-refractivity contribution in [1.82, 2.24) is 5.32 Å². The van der Waals surface area contributed by atoms with E-state index in [1.165, 1.54) is 65.2 Å². The van der Waals surface area contributed by atoms with E-state index in [-0.39, 0.29) is 17.2 Å². The van der Waals surface area contributed by atoms with E-state index >= 15 is 0 Å². The highest BCUT2D eigenvalue weighted by molar-refractivity contribution is 5.97. The molecule has 0 fully saturated rings. The lowest BCUT2D eigenvalue weighted by Crippen LogP contribution is -2.56. The van der Waals surface area contributed by atoms with Gasteiger partial charge in [-0.05, 0) is 62.3 Å². The summed E-state index contributed by atoms with van der Waals surface area (Å²) in [6.45, 7) is 4.11. The molecule has 7 heteroatoms. The smallest absolute Gasteiger partial charge is 0.244 e. The number of ether oxygens (including phenoxy) is 2. The maximum absolute atomic E-state index is 12.7. The number of rotatable bonds is 21. The molecule has 1 unspecified atom stereocenters. The predicted octanol–water partition coefficient (Wildman–Crippen LogP) is 6.82. The minimum absolute atomic E-state index is 0.112. The number of phenolic OH excluding ortho intramolecular Hbond substituents is 1. The Hall–Kier alpha value is -2.96. The fraction of sp³-hybridized carbons (Fsp3) is 0.613. The third-order valence-electron chi connectivity index (χ3n) is 6.98. The minimum atomic E-state index is -1.08. The number of methoxy groups -OCH3 is 2. The maximum Gasteiger partial charge on any atom is 0.244 e. The van der Waals surface area contributed by atoms with Gasteiger partial charge in [-0.25, -0.2) is 0 Å². The van der Waals surface area contributed by atoms with E-state index in [9.17, 15) is 14.7 Å². The average Bonchev–Trinajstić information content (AvgIpc) is 2.91. The van der Waals surface area contributed by atoms with Crippen molar-refractivity contribution in [2.75, 3.05) is 14.2 Å². The van der Waals surface area contributed by atoms with Crippen molar-refractivity contribution >= 4 is 17.9 Å². The van der Waals surface area contributed by atoms with Gasteiger partial charge in [0.1, 0.15) is 5.54 Å². The molecular formula is C31H50N2O5. The largest absolute Gasteiger partial charge is 0.502 e. The van der Waals surface area contributed by atoms with Gasteiger partial charge in [0.05, 0.1) is 14.2 Å². The first-order valence-electron chi connectivity index (χ1n) is 14.2. The predicted molar refractivity (Wildman–Crippen MR) is 155 cm³/mol. The quantitative estimate of drug-likeness (QED) is 0.0917. The number of aromatic hydroxyl groups is 1. The summed E-state index contributed by atoms with van der Waals surface area (Å²) in [5.41, 5.74) is 5.26. The van der Waals surface area contributed by atoms with Gasteiger partial charge in [0.15, 0.2) is 11.5 Å². The second-order valence-corrected chi connectivity index (χ2v) is 9.88. The van der Waals surface area contributed by atoms with Gasteiger partial charge >= 0.3 is 0 Å². The van der Waals surface area contributed by atoms with Gasteiger partial charge < -0.3 is 25.6 Å². The molecular weight excluding hydrogens is 480 g/mol. The molecule has 0 spiro atoms. The molecule has 1 aromatic carbocycles. The van der Waals surface area contributed by atoms with E-state index in [0.29, 0.717) is 18.4 Å². The number of unbranched alkanes of at least 4 members (excludes halogenated alkanes) is 10. The molecule has 0 radical (unpaired) electrons. The van der Waals surface area contributed by atoms with E-state index in [4.69, 9.17) is 15.2 Å². The van der Waals surface area contributed by atoms with Gasteiger partial charge in [-0.15, -0.1) is 0 Å². The van der Waals surface area contributed by atoms with Crippen LogP contribution in [0.25, 0.3) is 6.08 Å². The van der Waals surface area contributed by atoms with Crippen LogP contribution in [0, 0.1) is 0 Å². The summed E-state index contributed by atoms with van der Waals surface area (Å²) in [6, 6.07) is 3.18. The molecule has 0 aliphatic rings. The lowest BCUT2D eigenvalue weighted by molar-refractivity contribution is -0.130. The molecule has 0 saturated heterocycles. The Bertz CT molecular complexity index is 871. The topological polar surface area (TPSA) is 111 Å². The molecule has 2 amide bonds. The summed E-state index contributed by atoms with van der Waals surface area (Å²) >= 11 is 0. The van der Waals surface area contributed by atoms with Crippen LogP contribution in [0.2, 0.25) is 0 Å². The number of hydrogen-bond donors (Lipinski definition) is 3. The Balaban J connectivity index is 2.48. The van der Waals surface area contributed by atoms with Crippen LogP contribution in [-0.4, -0.2) is 36.7 Å². The van der Waals surface area contributed by atoms with Crippen LogP contribution >= 0.6 is 0 Å². The van der Waals surface area contributed by atoms with E-state index < -0.39 is 17.4 Å². The number of hydrogen-bond acceptors (Lipinski definition) is 5. The third kappa shape index (κ3) is 12.1. The number of amides is 2. The van der Waals surface area contributed by atoms with Crippen LogP contribution in [0.1, 0.15) is 109 Å². The van der Waals surface area contributed by atoms with Gasteiger partial charge in [0.25, 0.3) is 0 Å². The summed E-state index contributed by atoms with van der Waals surface area (Å²) in [4.78, 5) is 25.0. The molecule has 0 heterocycles. The van der Waals surface area contributed by atoms with Crippen LogP contribution in [0.5, 0.6) is 17.2 Å². The Morgan fingerprint density at radius 3 is 1.92 bits per heavy atom. The van der Waals surface area contributed by atoms with Crippen LogP contribution in [0.15, 0.2) is 30.4 Å². The Morgan fingerprint density at radius 2 is 1.42 bits per heavy atom. The first kappa shape index (κ1) is 33.1. The summed E-state index contributed by atoms with van der Waals surface area (Å²) in [6.07, 6.45) is 22.7. The number of carbonyl (C=O) groups is 2. The molecule has 38 heavy (non-hydrogen) atoms. The van der Waals surface area contributed by atoms with Crippen molar-refractivity contribution in [2.24, 2.45) is 5.73 Å². The number of phenols is 1. The molecule has 0 saturated carbocycles. The van der Waals surface area contributed by atoms with Gasteiger partial charge in [0, 0.05) is 6.08 Å². The molecule has 0 bridgehead atoms. The summed E-state index contributed by atoms with van der Waals surface area (Å²) in [5, 5.41) is 12.9. The van der Waals surface area contributed by atoms with E-state index in [1.807, 2.05) is 6.92 Å². The van der Waals surface area contributed by atoms with Crippen molar-refractivity contribution < 1.29 is 24.2 Å². The average molecular weight is 531 g/mol. The van der Waals surface area contributed by atoms with Gasteiger partial charge in [-0.2, -0.15) is 0 Å². The zero-order chi connectivity index (χ0) is 28.2.